The predicted molar refractivity (Wildman–Crippen MR) is 150 cm³/mol. The molecule has 0 saturated carbocycles. The van der Waals surface area contributed by atoms with Crippen LogP contribution < -0.4 is 0 Å². The van der Waals surface area contributed by atoms with Crippen LogP contribution in [0.2, 0.25) is 0 Å². The molecule has 1 aliphatic rings. The lowest BCUT2D eigenvalue weighted by Gasteiger charge is -2.25. The average molecular weight is 475 g/mol. The SMILES string of the molecule is CN(C)C(=N)c1ccc2cc(-c3ccc(-c4cc5ccc(C6=NCCCN6C)cc5[nH]4)cc3)[nH]c2c1. The van der Waals surface area contributed by atoms with Gasteiger partial charge in [-0.1, -0.05) is 48.5 Å². The van der Waals surface area contributed by atoms with Crippen LogP contribution in [0.4, 0.5) is 0 Å². The predicted octanol–water partition coefficient (Wildman–Crippen LogP) is 5.95. The number of aromatic amines is 2. The van der Waals surface area contributed by atoms with Crippen molar-refractivity contribution in [3.05, 3.63) is 83.9 Å². The van der Waals surface area contributed by atoms with Gasteiger partial charge in [-0.05, 0) is 41.8 Å². The van der Waals surface area contributed by atoms with Crippen LogP contribution in [0, 0.1) is 5.41 Å². The summed E-state index contributed by atoms with van der Waals surface area (Å²) in [5.74, 6) is 1.58. The lowest BCUT2D eigenvalue weighted by molar-refractivity contribution is 0.468. The Balaban J connectivity index is 1.28. The van der Waals surface area contributed by atoms with Crippen LogP contribution in [0.25, 0.3) is 44.3 Å². The Labute approximate surface area is 210 Å². The van der Waals surface area contributed by atoms with E-state index in [0.29, 0.717) is 5.84 Å². The fraction of sp³-hybridized carbons (Fsp3) is 0.200. The minimum atomic E-state index is 0.501. The van der Waals surface area contributed by atoms with Crippen LogP contribution in [0.15, 0.2) is 77.8 Å². The van der Waals surface area contributed by atoms with Crippen LogP contribution in [0.5, 0.6) is 0 Å². The molecule has 0 spiro atoms. The maximum Gasteiger partial charge on any atom is 0.130 e. The Morgan fingerprint density at radius 2 is 1.39 bits per heavy atom. The first-order chi connectivity index (χ1) is 17.5. The van der Waals surface area contributed by atoms with Gasteiger partial charge in [0.15, 0.2) is 0 Å². The van der Waals surface area contributed by atoms with Gasteiger partial charge >= 0.3 is 0 Å². The van der Waals surface area contributed by atoms with E-state index in [1.54, 1.807) is 0 Å². The first-order valence-electron chi connectivity index (χ1n) is 12.3. The van der Waals surface area contributed by atoms with E-state index in [1.165, 1.54) is 5.39 Å². The quantitative estimate of drug-likeness (QED) is 0.222. The molecule has 180 valence electrons. The van der Waals surface area contributed by atoms with Crippen molar-refractivity contribution in [2.45, 2.75) is 6.42 Å². The van der Waals surface area contributed by atoms with Crippen molar-refractivity contribution in [3.8, 4) is 22.5 Å². The number of amidine groups is 2. The van der Waals surface area contributed by atoms with E-state index in [0.717, 1.165) is 75.4 Å². The molecular formula is C30H30N6. The highest BCUT2D eigenvalue weighted by Gasteiger charge is 2.14. The maximum absolute atomic E-state index is 8.25. The second-order valence-corrected chi connectivity index (χ2v) is 9.77. The molecule has 6 rings (SSSR count). The molecule has 0 amide bonds. The molecule has 0 radical (unpaired) electrons. The molecule has 0 bridgehead atoms. The summed E-state index contributed by atoms with van der Waals surface area (Å²) in [6, 6.07) is 25.7. The largest absolute Gasteiger partial charge is 0.363 e. The van der Waals surface area contributed by atoms with E-state index >= 15 is 0 Å². The zero-order chi connectivity index (χ0) is 24.8. The molecule has 0 unspecified atom stereocenters. The maximum atomic E-state index is 8.25. The van der Waals surface area contributed by atoms with Crippen LogP contribution >= 0.6 is 0 Å². The van der Waals surface area contributed by atoms with Crippen LogP contribution in [-0.2, 0) is 0 Å². The Morgan fingerprint density at radius 1 is 0.806 bits per heavy atom. The number of hydrogen-bond acceptors (Lipinski definition) is 3. The van der Waals surface area contributed by atoms with Crippen LogP contribution in [0.3, 0.4) is 0 Å². The molecule has 0 saturated heterocycles. The van der Waals surface area contributed by atoms with Gasteiger partial charge in [0.25, 0.3) is 0 Å². The molecule has 3 heterocycles. The van der Waals surface area contributed by atoms with E-state index in [1.807, 2.05) is 31.1 Å². The highest BCUT2D eigenvalue weighted by Crippen LogP contribution is 2.29. The number of H-pyrrole nitrogens is 2. The molecule has 3 N–H and O–H groups in total. The molecular weight excluding hydrogens is 444 g/mol. The second-order valence-electron chi connectivity index (χ2n) is 9.77. The molecule has 6 nitrogen and oxygen atoms in total. The summed E-state index contributed by atoms with van der Waals surface area (Å²) in [6.45, 7) is 1.95. The third kappa shape index (κ3) is 3.94. The van der Waals surface area contributed by atoms with Crippen molar-refractivity contribution in [3.63, 3.8) is 0 Å². The summed E-state index contributed by atoms with van der Waals surface area (Å²) in [4.78, 5) is 15.9. The number of fused-ring (bicyclic) bond motifs is 2. The Bertz CT molecular complexity index is 1620. The van der Waals surface area contributed by atoms with Gasteiger partial charge in [-0.15, -0.1) is 0 Å². The van der Waals surface area contributed by atoms with Crippen molar-refractivity contribution in [2.75, 3.05) is 34.2 Å². The van der Waals surface area contributed by atoms with E-state index in [4.69, 9.17) is 10.4 Å². The van der Waals surface area contributed by atoms with Gasteiger partial charge in [0.1, 0.15) is 11.7 Å². The Morgan fingerprint density at radius 3 is 2.00 bits per heavy atom. The Kier molecular flexibility index (Phi) is 5.37. The minimum absolute atomic E-state index is 0.501. The summed E-state index contributed by atoms with van der Waals surface area (Å²) < 4.78 is 0. The van der Waals surface area contributed by atoms with Gasteiger partial charge in [-0.25, -0.2) is 0 Å². The molecule has 36 heavy (non-hydrogen) atoms. The van der Waals surface area contributed by atoms with E-state index in [9.17, 15) is 0 Å². The standard InChI is InChI=1S/C30H30N6/c1-35(2)29(31)23-11-9-21-15-25(33-27(21)17-23)19-5-7-20(8-6-19)26-16-22-10-12-24(18-28(22)34-26)30-32-13-4-14-36(30)3/h5-12,15-18,31,33-34H,4,13-14H2,1-3H3. The van der Waals surface area contributed by atoms with Gasteiger partial charge < -0.3 is 19.8 Å². The lowest BCUT2D eigenvalue weighted by Crippen LogP contribution is -2.32. The number of hydrogen-bond donors (Lipinski definition) is 3. The summed E-state index contributed by atoms with van der Waals surface area (Å²) in [6.07, 6.45) is 1.12. The van der Waals surface area contributed by atoms with E-state index in [-0.39, 0.29) is 0 Å². The fourth-order valence-electron chi connectivity index (χ4n) is 4.97. The molecule has 2 aromatic heterocycles. The normalized spacial score (nSPS) is 13.9. The zero-order valence-corrected chi connectivity index (χ0v) is 20.9. The number of aliphatic imine (C=N–C) groups is 1. The first kappa shape index (κ1) is 22.2. The molecule has 5 aromatic rings. The van der Waals surface area contributed by atoms with Crippen LogP contribution in [0.1, 0.15) is 17.5 Å². The smallest absolute Gasteiger partial charge is 0.130 e. The number of rotatable bonds is 4. The average Bonchev–Trinajstić information content (AvgIpc) is 3.52. The summed E-state index contributed by atoms with van der Waals surface area (Å²) in [7, 11) is 5.90. The zero-order valence-electron chi connectivity index (χ0n) is 20.9. The molecule has 3 aromatic carbocycles. The molecule has 0 fully saturated rings. The molecule has 0 atom stereocenters. The molecule has 1 aliphatic heterocycles. The lowest BCUT2D eigenvalue weighted by atomic mass is 10.1. The summed E-state index contributed by atoms with van der Waals surface area (Å²) >= 11 is 0. The molecule has 6 heteroatoms. The van der Waals surface area contributed by atoms with Gasteiger partial charge in [0, 0.05) is 78.6 Å². The number of benzene rings is 3. The Hall–Kier alpha value is -4.32. The third-order valence-electron chi connectivity index (χ3n) is 7.01. The third-order valence-corrected chi connectivity index (χ3v) is 7.01. The minimum Gasteiger partial charge on any atom is -0.363 e. The summed E-state index contributed by atoms with van der Waals surface area (Å²) in [5, 5.41) is 10.6. The van der Waals surface area contributed by atoms with Gasteiger partial charge in [0.05, 0.1) is 0 Å². The number of nitrogens with zero attached hydrogens (tertiary/aromatic N) is 3. The highest BCUT2D eigenvalue weighted by molar-refractivity contribution is 6.02. The summed E-state index contributed by atoms with van der Waals surface area (Å²) in [5.41, 5.74) is 8.70. The van der Waals surface area contributed by atoms with Crippen molar-refractivity contribution in [2.24, 2.45) is 4.99 Å². The topological polar surface area (TPSA) is 74.3 Å². The fourth-order valence-corrected chi connectivity index (χ4v) is 4.97. The number of aromatic nitrogens is 2. The monoisotopic (exact) mass is 474 g/mol. The van der Waals surface area contributed by atoms with E-state index in [2.05, 4.69) is 82.6 Å². The van der Waals surface area contributed by atoms with Crippen LogP contribution in [-0.4, -0.2) is 65.7 Å². The van der Waals surface area contributed by atoms with Crippen molar-refractivity contribution >= 4 is 33.5 Å². The van der Waals surface area contributed by atoms with Crippen molar-refractivity contribution < 1.29 is 0 Å². The van der Waals surface area contributed by atoms with Crippen molar-refractivity contribution in [1.29, 1.82) is 5.41 Å². The molecule has 0 aliphatic carbocycles. The second kappa shape index (κ2) is 8.72. The highest BCUT2D eigenvalue weighted by atomic mass is 15.2. The van der Waals surface area contributed by atoms with Crippen molar-refractivity contribution in [1.82, 2.24) is 19.8 Å². The van der Waals surface area contributed by atoms with Gasteiger partial charge in [-0.2, -0.15) is 0 Å². The first-order valence-corrected chi connectivity index (χ1v) is 12.3. The van der Waals surface area contributed by atoms with Gasteiger partial charge in [-0.3, -0.25) is 10.4 Å². The van der Waals surface area contributed by atoms with E-state index < -0.39 is 0 Å². The van der Waals surface area contributed by atoms with Gasteiger partial charge in [0.2, 0.25) is 0 Å². The number of nitrogens with one attached hydrogen (secondary N) is 3.